The third-order valence-corrected chi connectivity index (χ3v) is 2.90. The Hall–Kier alpha value is -1.67. The van der Waals surface area contributed by atoms with E-state index in [-0.39, 0.29) is 0 Å². The molecule has 88 valence electrons. The van der Waals surface area contributed by atoms with Crippen LogP contribution >= 0.6 is 0 Å². The third kappa shape index (κ3) is 3.68. The van der Waals surface area contributed by atoms with Crippen molar-refractivity contribution < 1.29 is 0 Å². The fraction of sp³-hybridized carbons (Fsp3) is 0.267. The molecule has 17 heavy (non-hydrogen) atoms. The normalized spacial score (nSPS) is 12.3. The van der Waals surface area contributed by atoms with Crippen LogP contribution in [0.3, 0.4) is 0 Å². The molecule has 1 aromatic heterocycles. The molecule has 0 spiro atoms. The SMILES string of the molecule is C[C@H](CNCc1ccncc1)c1ccccc1. The molecular weight excluding hydrogens is 208 g/mol. The molecule has 0 unspecified atom stereocenters. The van der Waals surface area contributed by atoms with Crippen LogP contribution in [0.15, 0.2) is 54.9 Å². The summed E-state index contributed by atoms with van der Waals surface area (Å²) in [7, 11) is 0. The zero-order valence-electron chi connectivity index (χ0n) is 10.1. The van der Waals surface area contributed by atoms with E-state index in [4.69, 9.17) is 0 Å². The maximum Gasteiger partial charge on any atom is 0.0271 e. The Morgan fingerprint density at radius 2 is 1.76 bits per heavy atom. The molecule has 0 aliphatic rings. The van der Waals surface area contributed by atoms with Crippen molar-refractivity contribution in [1.29, 1.82) is 0 Å². The smallest absolute Gasteiger partial charge is 0.0271 e. The standard InChI is InChI=1S/C15H18N2/c1-13(15-5-3-2-4-6-15)11-17-12-14-7-9-16-10-8-14/h2-10,13,17H,11-12H2,1H3/t13-/m1/s1. The predicted molar refractivity (Wildman–Crippen MR) is 70.8 cm³/mol. The molecular formula is C15H18N2. The number of pyridine rings is 1. The van der Waals surface area contributed by atoms with Gasteiger partial charge < -0.3 is 5.32 Å². The fourth-order valence-corrected chi connectivity index (χ4v) is 1.83. The van der Waals surface area contributed by atoms with Crippen molar-refractivity contribution in [2.24, 2.45) is 0 Å². The molecule has 1 aromatic carbocycles. The van der Waals surface area contributed by atoms with E-state index >= 15 is 0 Å². The van der Waals surface area contributed by atoms with Gasteiger partial charge in [-0.05, 0) is 29.2 Å². The Morgan fingerprint density at radius 3 is 2.47 bits per heavy atom. The van der Waals surface area contributed by atoms with E-state index in [9.17, 15) is 0 Å². The Balaban J connectivity index is 1.79. The van der Waals surface area contributed by atoms with Crippen LogP contribution in [-0.4, -0.2) is 11.5 Å². The van der Waals surface area contributed by atoms with Gasteiger partial charge in [0.05, 0.1) is 0 Å². The first kappa shape index (κ1) is 11.8. The molecule has 0 aliphatic carbocycles. The lowest BCUT2D eigenvalue weighted by Gasteiger charge is -2.12. The Bertz CT molecular complexity index is 425. The van der Waals surface area contributed by atoms with E-state index in [1.807, 2.05) is 24.5 Å². The quantitative estimate of drug-likeness (QED) is 0.847. The van der Waals surface area contributed by atoms with E-state index in [1.165, 1.54) is 11.1 Å². The molecule has 2 heteroatoms. The fourth-order valence-electron chi connectivity index (χ4n) is 1.83. The van der Waals surface area contributed by atoms with Gasteiger partial charge in [-0.3, -0.25) is 4.98 Å². The van der Waals surface area contributed by atoms with Gasteiger partial charge in [-0.1, -0.05) is 37.3 Å². The first-order chi connectivity index (χ1) is 8.36. The summed E-state index contributed by atoms with van der Waals surface area (Å²) in [5.41, 5.74) is 2.66. The van der Waals surface area contributed by atoms with Gasteiger partial charge in [-0.15, -0.1) is 0 Å². The molecule has 0 bridgehead atoms. The summed E-state index contributed by atoms with van der Waals surface area (Å²) >= 11 is 0. The van der Waals surface area contributed by atoms with E-state index in [0.717, 1.165) is 13.1 Å². The summed E-state index contributed by atoms with van der Waals surface area (Å²) in [5, 5.41) is 3.47. The minimum atomic E-state index is 0.540. The first-order valence-electron chi connectivity index (χ1n) is 6.01. The van der Waals surface area contributed by atoms with Gasteiger partial charge >= 0.3 is 0 Å². The first-order valence-corrected chi connectivity index (χ1v) is 6.01. The second-order valence-electron chi connectivity index (χ2n) is 4.30. The van der Waals surface area contributed by atoms with Gasteiger partial charge in [0, 0.05) is 25.5 Å². The number of hydrogen-bond donors (Lipinski definition) is 1. The lowest BCUT2D eigenvalue weighted by molar-refractivity contribution is 0.615. The highest BCUT2D eigenvalue weighted by Crippen LogP contribution is 2.13. The Morgan fingerprint density at radius 1 is 1.06 bits per heavy atom. The van der Waals surface area contributed by atoms with Crippen molar-refractivity contribution in [3.05, 3.63) is 66.0 Å². The van der Waals surface area contributed by atoms with Crippen LogP contribution in [0, 0.1) is 0 Å². The van der Waals surface area contributed by atoms with E-state index in [1.54, 1.807) is 0 Å². The monoisotopic (exact) mass is 226 g/mol. The highest BCUT2D eigenvalue weighted by atomic mass is 14.9. The van der Waals surface area contributed by atoms with Crippen molar-refractivity contribution in [3.63, 3.8) is 0 Å². The lowest BCUT2D eigenvalue weighted by atomic mass is 10.0. The van der Waals surface area contributed by atoms with Crippen LogP contribution in [0.1, 0.15) is 24.0 Å². The Kier molecular flexibility index (Phi) is 4.28. The van der Waals surface area contributed by atoms with Gasteiger partial charge in [0.1, 0.15) is 0 Å². The zero-order valence-corrected chi connectivity index (χ0v) is 10.1. The maximum atomic E-state index is 4.01. The molecule has 0 saturated heterocycles. The molecule has 0 saturated carbocycles. The lowest BCUT2D eigenvalue weighted by Crippen LogP contribution is -2.19. The van der Waals surface area contributed by atoms with Gasteiger partial charge in [-0.2, -0.15) is 0 Å². The molecule has 2 rings (SSSR count). The summed E-state index contributed by atoms with van der Waals surface area (Å²) in [6.45, 7) is 4.14. The number of rotatable bonds is 5. The van der Waals surface area contributed by atoms with Crippen LogP contribution < -0.4 is 5.32 Å². The number of benzene rings is 1. The topological polar surface area (TPSA) is 24.9 Å². The molecule has 0 aliphatic heterocycles. The molecule has 2 nitrogen and oxygen atoms in total. The van der Waals surface area contributed by atoms with Crippen LogP contribution in [0.4, 0.5) is 0 Å². The van der Waals surface area contributed by atoms with Crippen LogP contribution in [0.2, 0.25) is 0 Å². The molecule has 1 atom stereocenters. The van der Waals surface area contributed by atoms with Crippen molar-refractivity contribution >= 4 is 0 Å². The summed E-state index contributed by atoms with van der Waals surface area (Å²) in [6.07, 6.45) is 3.66. The summed E-state index contributed by atoms with van der Waals surface area (Å²) in [4.78, 5) is 4.01. The van der Waals surface area contributed by atoms with E-state index < -0.39 is 0 Å². The van der Waals surface area contributed by atoms with Gasteiger partial charge in [0.2, 0.25) is 0 Å². The number of nitrogens with one attached hydrogen (secondary N) is 1. The van der Waals surface area contributed by atoms with Crippen molar-refractivity contribution in [2.75, 3.05) is 6.54 Å². The summed E-state index contributed by atoms with van der Waals surface area (Å²) in [5.74, 6) is 0.540. The highest BCUT2D eigenvalue weighted by Gasteiger charge is 2.03. The molecule has 0 amide bonds. The van der Waals surface area contributed by atoms with Gasteiger partial charge in [0.15, 0.2) is 0 Å². The molecule has 0 radical (unpaired) electrons. The van der Waals surface area contributed by atoms with Crippen LogP contribution in [0.25, 0.3) is 0 Å². The largest absolute Gasteiger partial charge is 0.312 e. The molecule has 1 heterocycles. The second kappa shape index (κ2) is 6.16. The minimum Gasteiger partial charge on any atom is -0.312 e. The number of aromatic nitrogens is 1. The van der Waals surface area contributed by atoms with Gasteiger partial charge in [-0.25, -0.2) is 0 Å². The van der Waals surface area contributed by atoms with Crippen LogP contribution in [0.5, 0.6) is 0 Å². The molecule has 2 aromatic rings. The highest BCUT2D eigenvalue weighted by molar-refractivity contribution is 5.19. The second-order valence-corrected chi connectivity index (χ2v) is 4.30. The third-order valence-electron chi connectivity index (χ3n) is 2.90. The summed E-state index contributed by atoms with van der Waals surface area (Å²) < 4.78 is 0. The Labute approximate surface area is 103 Å². The maximum absolute atomic E-state index is 4.01. The minimum absolute atomic E-state index is 0.540. The molecule has 0 fully saturated rings. The number of hydrogen-bond acceptors (Lipinski definition) is 2. The predicted octanol–water partition coefficient (Wildman–Crippen LogP) is 2.97. The zero-order chi connectivity index (χ0) is 11.9. The molecule has 1 N–H and O–H groups in total. The van der Waals surface area contributed by atoms with E-state index in [2.05, 4.69) is 47.6 Å². The van der Waals surface area contributed by atoms with Crippen LogP contribution in [-0.2, 0) is 6.54 Å². The van der Waals surface area contributed by atoms with E-state index in [0.29, 0.717) is 5.92 Å². The average Bonchev–Trinajstić information content (AvgIpc) is 2.41. The number of nitrogens with zero attached hydrogens (tertiary/aromatic N) is 1. The van der Waals surface area contributed by atoms with Crippen molar-refractivity contribution in [3.8, 4) is 0 Å². The van der Waals surface area contributed by atoms with Crippen molar-refractivity contribution in [2.45, 2.75) is 19.4 Å². The van der Waals surface area contributed by atoms with Crippen molar-refractivity contribution in [1.82, 2.24) is 10.3 Å². The van der Waals surface area contributed by atoms with Gasteiger partial charge in [0.25, 0.3) is 0 Å². The summed E-state index contributed by atoms with van der Waals surface area (Å²) in [6, 6.07) is 14.7. The average molecular weight is 226 g/mol.